The maximum absolute atomic E-state index is 13.7. The molecule has 0 aromatic heterocycles. The summed E-state index contributed by atoms with van der Waals surface area (Å²) in [5.41, 5.74) is 16.2. The zero-order valence-corrected chi connectivity index (χ0v) is 39.7. The molecule has 0 aliphatic carbocycles. The molecule has 0 rings (SSSR count). The fraction of sp³-hybridized carbons (Fsp3) is 0.684. The van der Waals surface area contributed by atoms with E-state index in [2.05, 4.69) is 73.1 Å². The lowest BCUT2D eigenvalue weighted by Crippen LogP contribution is -2.62. The van der Waals surface area contributed by atoms with Crippen LogP contribution in [0.4, 0.5) is 4.79 Å². The number of rotatable bonds is 31. The summed E-state index contributed by atoms with van der Waals surface area (Å²) in [7, 11) is 0. The van der Waals surface area contributed by atoms with E-state index in [1.807, 2.05) is 0 Å². The number of carbonyl (C=O) groups excluding carboxylic acids is 10. The molecule has 0 aliphatic heterocycles. The van der Waals surface area contributed by atoms with Gasteiger partial charge in [-0.3, -0.25) is 47.9 Å². The van der Waals surface area contributed by atoms with Gasteiger partial charge in [0.25, 0.3) is 0 Å². The first-order chi connectivity index (χ1) is 31.1. The molecule has 11 atom stereocenters. The predicted molar refractivity (Wildman–Crippen MR) is 243 cm³/mol. The van der Waals surface area contributed by atoms with E-state index in [1.165, 1.54) is 6.92 Å². The highest BCUT2D eigenvalue weighted by atomic mass is 32.1. The number of urea groups is 1. The number of hydrogen-bond acceptors (Lipinski definition) is 16. The van der Waals surface area contributed by atoms with E-state index in [0.717, 1.165) is 6.92 Å². The molecule has 0 aliphatic rings. The third-order valence-corrected chi connectivity index (χ3v) is 10.6. The summed E-state index contributed by atoms with van der Waals surface area (Å²) in [6.45, 7) is 8.88. The topological polar surface area (TPSA) is 452 Å². The zero-order chi connectivity index (χ0) is 51.9. The Morgan fingerprint density at radius 2 is 0.985 bits per heavy atom. The van der Waals surface area contributed by atoms with Gasteiger partial charge in [0.2, 0.25) is 53.2 Å². The number of aliphatic hydroxyl groups is 1. The SMILES string of the molecule is CC[C@H](C)[C@H](NC(=O)[C@H](CS)NC(=O)[C@H](CS)NC(=O)[C@H](CC(N)=O)NC(=O)[C@H](CC(=O)O)NC(=O)[C@H](CCCNC(N)=O)NC(=O)[C@@H](NC(=O)[C@H](C)NC(=O)[C@@H](N)C(C)C)[C@@H](C)O)C(=O)O. The highest BCUT2D eigenvalue weighted by molar-refractivity contribution is 7.80. The van der Waals surface area contributed by atoms with Crippen molar-refractivity contribution in [1.82, 2.24) is 47.9 Å². The van der Waals surface area contributed by atoms with Crippen molar-refractivity contribution in [2.45, 2.75) is 134 Å². The highest BCUT2D eigenvalue weighted by Gasteiger charge is 2.36. The van der Waals surface area contributed by atoms with E-state index in [9.17, 15) is 72.9 Å². The van der Waals surface area contributed by atoms with Crippen LogP contribution in [0.15, 0.2) is 0 Å². The summed E-state index contributed by atoms with van der Waals surface area (Å²) in [5, 5.41) is 49.9. The number of carboxylic acid groups (broad SMARTS) is 2. The minimum absolute atomic E-state index is 0.0803. The first-order valence-corrected chi connectivity index (χ1v) is 22.2. The Bertz CT molecular complexity index is 1790. The second-order valence-electron chi connectivity index (χ2n) is 15.8. The minimum atomic E-state index is -2.05. The van der Waals surface area contributed by atoms with Gasteiger partial charge in [0.05, 0.1) is 25.0 Å². The molecule has 67 heavy (non-hydrogen) atoms. The molecular formula is C38H66N12O15S2. The number of aliphatic carboxylic acids is 2. The molecule has 27 nitrogen and oxygen atoms in total. The van der Waals surface area contributed by atoms with Crippen molar-refractivity contribution in [1.29, 1.82) is 0 Å². The van der Waals surface area contributed by atoms with Crippen molar-refractivity contribution in [3.8, 4) is 0 Å². The van der Waals surface area contributed by atoms with Crippen LogP contribution in [0, 0.1) is 11.8 Å². The van der Waals surface area contributed by atoms with Gasteiger partial charge in [-0.2, -0.15) is 25.3 Å². The molecule has 0 aromatic rings. The number of carboxylic acids is 2. The average molecular weight is 995 g/mol. The van der Waals surface area contributed by atoms with Gasteiger partial charge >= 0.3 is 18.0 Å². The minimum Gasteiger partial charge on any atom is -0.481 e. The maximum atomic E-state index is 13.7. The van der Waals surface area contributed by atoms with Gasteiger partial charge in [-0.25, -0.2) is 9.59 Å². The molecule has 18 N–H and O–H groups in total. The molecule has 0 unspecified atom stereocenters. The molecule has 0 saturated heterocycles. The number of nitrogens with two attached hydrogens (primary N) is 3. The average Bonchev–Trinajstić information content (AvgIpc) is 3.24. The fourth-order valence-corrected chi connectivity index (χ4v) is 6.13. The Kier molecular flexibility index (Phi) is 27.7. The number of aliphatic hydroxyl groups excluding tert-OH is 1. The molecule has 11 amide bonds. The fourth-order valence-electron chi connectivity index (χ4n) is 5.62. The highest BCUT2D eigenvalue weighted by Crippen LogP contribution is 2.10. The van der Waals surface area contributed by atoms with Gasteiger partial charge in [-0.15, -0.1) is 0 Å². The van der Waals surface area contributed by atoms with Crippen LogP contribution in [-0.2, 0) is 52.7 Å². The predicted octanol–water partition coefficient (Wildman–Crippen LogP) is -5.96. The quantitative estimate of drug-likeness (QED) is 0.0227. The summed E-state index contributed by atoms with van der Waals surface area (Å²) in [6, 6.07) is -14.9. The summed E-state index contributed by atoms with van der Waals surface area (Å²) in [6.07, 6.45) is -3.75. The molecule has 0 radical (unpaired) electrons. The van der Waals surface area contributed by atoms with Crippen LogP contribution >= 0.6 is 25.3 Å². The number of hydrogen-bond donors (Lipinski definition) is 17. The number of thiol groups is 2. The molecule has 29 heteroatoms. The maximum Gasteiger partial charge on any atom is 0.326 e. The van der Waals surface area contributed by atoms with Gasteiger partial charge in [0.1, 0.15) is 48.3 Å². The van der Waals surface area contributed by atoms with Gasteiger partial charge in [0, 0.05) is 18.1 Å². The molecule has 0 fully saturated rings. The van der Waals surface area contributed by atoms with Crippen molar-refractivity contribution >= 4 is 96.4 Å². The van der Waals surface area contributed by atoms with Crippen LogP contribution in [0.25, 0.3) is 0 Å². The van der Waals surface area contributed by atoms with Gasteiger partial charge in [-0.05, 0) is 38.5 Å². The summed E-state index contributed by atoms with van der Waals surface area (Å²) in [5.74, 6) is -14.3. The summed E-state index contributed by atoms with van der Waals surface area (Å²) in [4.78, 5) is 153. The molecule has 0 saturated carbocycles. The second kappa shape index (κ2) is 30.4. The monoisotopic (exact) mass is 994 g/mol. The summed E-state index contributed by atoms with van der Waals surface area (Å²) < 4.78 is 0. The molecule has 0 bridgehead atoms. The Morgan fingerprint density at radius 3 is 1.40 bits per heavy atom. The van der Waals surface area contributed by atoms with E-state index in [0.29, 0.717) is 6.42 Å². The van der Waals surface area contributed by atoms with Crippen LogP contribution in [0.2, 0.25) is 0 Å². The zero-order valence-electron chi connectivity index (χ0n) is 38.0. The molecule has 0 aromatic carbocycles. The van der Waals surface area contributed by atoms with E-state index in [1.54, 1.807) is 27.7 Å². The largest absolute Gasteiger partial charge is 0.481 e. The lowest BCUT2D eigenvalue weighted by Gasteiger charge is -2.28. The van der Waals surface area contributed by atoms with Crippen LogP contribution in [0.3, 0.4) is 0 Å². The van der Waals surface area contributed by atoms with Crippen LogP contribution in [0.5, 0.6) is 0 Å². The molecule has 0 heterocycles. The first-order valence-electron chi connectivity index (χ1n) is 21.0. The van der Waals surface area contributed by atoms with Crippen molar-refractivity contribution in [3.05, 3.63) is 0 Å². The Labute approximate surface area is 397 Å². The number of carbonyl (C=O) groups is 12. The van der Waals surface area contributed by atoms with E-state index in [-0.39, 0.29) is 31.1 Å². The van der Waals surface area contributed by atoms with Crippen molar-refractivity contribution < 1.29 is 72.9 Å². The number of amides is 11. The van der Waals surface area contributed by atoms with Gasteiger partial charge in [0.15, 0.2) is 0 Å². The van der Waals surface area contributed by atoms with E-state index < -0.39 is 156 Å². The van der Waals surface area contributed by atoms with E-state index >= 15 is 0 Å². The Hall–Kier alpha value is -5.94. The lowest BCUT2D eigenvalue weighted by atomic mass is 9.99. The van der Waals surface area contributed by atoms with Crippen molar-refractivity contribution in [3.63, 3.8) is 0 Å². The third kappa shape index (κ3) is 22.4. The lowest BCUT2D eigenvalue weighted by molar-refractivity contribution is -0.144. The molecule has 380 valence electrons. The van der Waals surface area contributed by atoms with Gasteiger partial charge in [-0.1, -0.05) is 34.1 Å². The second-order valence-corrected chi connectivity index (χ2v) is 16.5. The summed E-state index contributed by atoms with van der Waals surface area (Å²) >= 11 is 8.10. The van der Waals surface area contributed by atoms with Crippen LogP contribution in [0.1, 0.15) is 73.6 Å². The van der Waals surface area contributed by atoms with Crippen molar-refractivity contribution in [2.24, 2.45) is 29.0 Å². The standard InChI is InChI=1S/C38H66N12O15S2/c1-7-16(4)27(37(63)64)49-34(60)23(14-67)48-33(59)22(13-66)47-31(57)20(11-24(39)52)45-32(58)21(12-25(53)54)46-30(56)19(9-8-10-42-38(41)65)44-36(62)28(18(6)51)50-29(55)17(5)43-35(61)26(40)15(2)3/h15-23,26-28,51,66-67H,7-14,40H2,1-6H3,(H2,39,52)(H,43,61)(H,44,62)(H,45,58)(H,46,56)(H,47,57)(H,48,59)(H,49,60)(H,50,55)(H,53,54)(H,63,64)(H3,41,42,65)/t16-,17-,18+,19-,20-,21-,22-,23-,26-,27-,28-/m0/s1. The first kappa shape index (κ1) is 61.1. The molecule has 0 spiro atoms. The van der Waals surface area contributed by atoms with Crippen molar-refractivity contribution in [2.75, 3.05) is 18.1 Å². The van der Waals surface area contributed by atoms with E-state index in [4.69, 9.17) is 17.2 Å². The Balaban J connectivity index is 6.42. The van der Waals surface area contributed by atoms with Crippen LogP contribution in [-0.4, -0.2) is 165 Å². The number of primary amides is 2. The normalized spacial score (nSPS) is 15.9. The van der Waals surface area contributed by atoms with Gasteiger partial charge < -0.3 is 80.4 Å². The van der Waals surface area contributed by atoms with Crippen LogP contribution < -0.4 is 65.1 Å². The Morgan fingerprint density at radius 1 is 0.552 bits per heavy atom. The number of nitrogens with one attached hydrogen (secondary N) is 9. The third-order valence-electron chi connectivity index (χ3n) is 9.90. The molecular weight excluding hydrogens is 929 g/mol. The smallest absolute Gasteiger partial charge is 0.326 e.